The van der Waals surface area contributed by atoms with Crippen LogP contribution in [0.15, 0.2) is 83.4 Å². The Morgan fingerprint density at radius 2 is 1.75 bits per heavy atom. The maximum Gasteiger partial charge on any atom is 0.260 e. The van der Waals surface area contributed by atoms with E-state index >= 15 is 0 Å². The number of anilines is 1. The van der Waals surface area contributed by atoms with Crippen molar-refractivity contribution in [1.29, 1.82) is 0 Å². The number of hydrogen-bond donors (Lipinski definition) is 1. The van der Waals surface area contributed by atoms with Crippen molar-refractivity contribution in [3.63, 3.8) is 0 Å². The van der Waals surface area contributed by atoms with Crippen molar-refractivity contribution in [3.8, 4) is 11.5 Å². The Labute approximate surface area is 167 Å². The average molecular weight is 390 g/mol. The van der Waals surface area contributed by atoms with Gasteiger partial charge in [-0.15, -0.1) is 0 Å². The molecule has 4 rings (SSSR count). The van der Waals surface area contributed by atoms with Gasteiger partial charge in [0, 0.05) is 17.0 Å². The maximum absolute atomic E-state index is 12.6. The Morgan fingerprint density at radius 1 is 0.964 bits per heavy atom. The van der Waals surface area contributed by atoms with Crippen LogP contribution in [0.1, 0.15) is 21.7 Å². The number of carbonyl (C=O) groups is 1. The molecule has 0 aliphatic heterocycles. The Balaban J connectivity index is 1.57. The molecule has 0 spiro atoms. The van der Waals surface area contributed by atoms with Crippen molar-refractivity contribution in [2.45, 2.75) is 6.42 Å². The van der Waals surface area contributed by atoms with Gasteiger partial charge in [-0.3, -0.25) is 4.79 Å². The predicted molar refractivity (Wildman–Crippen MR) is 108 cm³/mol. The highest BCUT2D eigenvalue weighted by Crippen LogP contribution is 2.27. The Morgan fingerprint density at radius 3 is 2.57 bits per heavy atom. The van der Waals surface area contributed by atoms with E-state index in [4.69, 9.17) is 16.1 Å². The molecule has 138 valence electrons. The van der Waals surface area contributed by atoms with Gasteiger partial charge < -0.3 is 9.84 Å². The highest BCUT2D eigenvalue weighted by molar-refractivity contribution is 6.31. The molecule has 1 heterocycles. The minimum absolute atomic E-state index is 0.265. The first-order valence-corrected chi connectivity index (χ1v) is 9.10. The first-order valence-electron chi connectivity index (χ1n) is 8.72. The number of rotatable bonds is 5. The lowest BCUT2D eigenvalue weighted by atomic mass is 10.1. The van der Waals surface area contributed by atoms with Crippen LogP contribution in [0.2, 0.25) is 5.02 Å². The summed E-state index contributed by atoms with van der Waals surface area (Å²) >= 11 is 5.98. The van der Waals surface area contributed by atoms with Crippen molar-refractivity contribution < 1.29 is 9.32 Å². The lowest BCUT2D eigenvalue weighted by Gasteiger charge is -2.08. The molecule has 0 aliphatic carbocycles. The SMILES string of the molecule is O=C(Nc1ccccc1-c1nc(Cc2ccccc2)no1)c1cccc(Cl)c1. The zero-order valence-corrected chi connectivity index (χ0v) is 15.6. The fourth-order valence-electron chi connectivity index (χ4n) is 2.82. The summed E-state index contributed by atoms with van der Waals surface area (Å²) in [6, 6.07) is 24.0. The molecule has 0 aliphatic rings. The van der Waals surface area contributed by atoms with Gasteiger partial charge in [0.05, 0.1) is 11.3 Å². The van der Waals surface area contributed by atoms with E-state index in [1.54, 1.807) is 30.3 Å². The van der Waals surface area contributed by atoms with Crippen LogP contribution >= 0.6 is 11.6 Å². The van der Waals surface area contributed by atoms with Gasteiger partial charge in [0.25, 0.3) is 11.8 Å². The predicted octanol–water partition coefficient (Wildman–Crippen LogP) is 5.23. The van der Waals surface area contributed by atoms with Gasteiger partial charge in [-0.1, -0.05) is 65.3 Å². The summed E-state index contributed by atoms with van der Waals surface area (Å²) in [5.41, 5.74) is 2.81. The third-order valence-corrected chi connectivity index (χ3v) is 4.40. The highest BCUT2D eigenvalue weighted by Gasteiger charge is 2.15. The van der Waals surface area contributed by atoms with E-state index < -0.39 is 0 Å². The Kier molecular flexibility index (Phi) is 5.17. The molecule has 0 fully saturated rings. The van der Waals surface area contributed by atoms with Crippen molar-refractivity contribution in [2.24, 2.45) is 0 Å². The molecule has 1 N–H and O–H groups in total. The number of halogens is 1. The van der Waals surface area contributed by atoms with Crippen LogP contribution in [0.4, 0.5) is 5.69 Å². The van der Waals surface area contributed by atoms with E-state index in [2.05, 4.69) is 15.5 Å². The van der Waals surface area contributed by atoms with Crippen molar-refractivity contribution >= 4 is 23.2 Å². The van der Waals surface area contributed by atoms with Gasteiger partial charge in [0.1, 0.15) is 0 Å². The summed E-state index contributed by atoms with van der Waals surface area (Å²) in [4.78, 5) is 17.0. The van der Waals surface area contributed by atoms with Crippen molar-refractivity contribution in [3.05, 3.63) is 101 Å². The van der Waals surface area contributed by atoms with E-state index in [9.17, 15) is 4.79 Å². The van der Waals surface area contributed by atoms with E-state index in [1.807, 2.05) is 48.5 Å². The largest absolute Gasteiger partial charge is 0.334 e. The fraction of sp³-hybridized carbons (Fsp3) is 0.0455. The Bertz CT molecular complexity index is 1110. The molecule has 0 bridgehead atoms. The van der Waals surface area contributed by atoms with Gasteiger partial charge in [-0.05, 0) is 35.9 Å². The summed E-state index contributed by atoms with van der Waals surface area (Å²) < 4.78 is 5.44. The summed E-state index contributed by atoms with van der Waals surface area (Å²) in [5.74, 6) is 0.670. The minimum atomic E-state index is -0.265. The Hall–Kier alpha value is -3.44. The average Bonchev–Trinajstić information content (AvgIpc) is 3.17. The quantitative estimate of drug-likeness (QED) is 0.507. The van der Waals surface area contributed by atoms with Gasteiger partial charge in [-0.25, -0.2) is 0 Å². The zero-order chi connectivity index (χ0) is 19.3. The number of benzene rings is 3. The first kappa shape index (κ1) is 17.9. The molecule has 3 aromatic carbocycles. The smallest absolute Gasteiger partial charge is 0.260 e. The van der Waals surface area contributed by atoms with E-state index in [1.165, 1.54) is 0 Å². The van der Waals surface area contributed by atoms with Crippen LogP contribution < -0.4 is 5.32 Å². The van der Waals surface area contributed by atoms with Crippen LogP contribution in [0.25, 0.3) is 11.5 Å². The number of para-hydroxylation sites is 1. The molecule has 0 radical (unpaired) electrons. The number of nitrogens with one attached hydrogen (secondary N) is 1. The maximum atomic E-state index is 12.6. The number of hydrogen-bond acceptors (Lipinski definition) is 4. The summed E-state index contributed by atoms with van der Waals surface area (Å²) in [6.07, 6.45) is 0.571. The third kappa shape index (κ3) is 4.10. The van der Waals surface area contributed by atoms with Crippen LogP contribution in [-0.2, 0) is 6.42 Å². The number of carbonyl (C=O) groups excluding carboxylic acids is 1. The van der Waals surface area contributed by atoms with Crippen molar-refractivity contribution in [2.75, 3.05) is 5.32 Å². The molecule has 0 saturated heterocycles. The lowest BCUT2D eigenvalue weighted by molar-refractivity contribution is 0.102. The summed E-state index contributed by atoms with van der Waals surface area (Å²) in [6.45, 7) is 0. The molecule has 4 aromatic rings. The van der Waals surface area contributed by atoms with E-state index in [-0.39, 0.29) is 5.91 Å². The van der Waals surface area contributed by atoms with Gasteiger partial charge in [0.15, 0.2) is 5.82 Å². The zero-order valence-electron chi connectivity index (χ0n) is 14.8. The summed E-state index contributed by atoms with van der Waals surface area (Å²) in [5, 5.41) is 7.45. The third-order valence-electron chi connectivity index (χ3n) is 4.17. The molecular formula is C22H16ClN3O2. The van der Waals surface area contributed by atoms with Crippen LogP contribution in [0, 0.1) is 0 Å². The van der Waals surface area contributed by atoms with E-state index in [0.29, 0.717) is 40.0 Å². The molecule has 6 heteroatoms. The van der Waals surface area contributed by atoms with Crippen LogP contribution in [-0.4, -0.2) is 16.0 Å². The second kappa shape index (κ2) is 8.06. The van der Waals surface area contributed by atoms with Crippen LogP contribution in [0.3, 0.4) is 0 Å². The highest BCUT2D eigenvalue weighted by atomic mass is 35.5. The molecule has 0 saturated carbocycles. The molecule has 5 nitrogen and oxygen atoms in total. The van der Waals surface area contributed by atoms with Crippen molar-refractivity contribution in [1.82, 2.24) is 10.1 Å². The normalized spacial score (nSPS) is 10.6. The first-order chi connectivity index (χ1) is 13.7. The molecule has 0 unspecified atom stereocenters. The molecular weight excluding hydrogens is 374 g/mol. The fourth-order valence-corrected chi connectivity index (χ4v) is 3.01. The number of amides is 1. The monoisotopic (exact) mass is 389 g/mol. The second-order valence-electron chi connectivity index (χ2n) is 6.19. The topological polar surface area (TPSA) is 68.0 Å². The molecule has 28 heavy (non-hydrogen) atoms. The minimum Gasteiger partial charge on any atom is -0.334 e. The second-order valence-corrected chi connectivity index (χ2v) is 6.62. The van der Waals surface area contributed by atoms with Crippen LogP contribution in [0.5, 0.6) is 0 Å². The standard InChI is InChI=1S/C22H16ClN3O2/c23-17-10-6-9-16(14-17)21(27)24-19-12-5-4-11-18(19)22-25-20(26-28-22)13-15-7-2-1-3-8-15/h1-12,14H,13H2,(H,24,27). The number of nitrogens with zero attached hydrogens (tertiary/aromatic N) is 2. The number of aromatic nitrogens is 2. The van der Waals surface area contributed by atoms with E-state index in [0.717, 1.165) is 5.56 Å². The van der Waals surface area contributed by atoms with Gasteiger partial charge in [-0.2, -0.15) is 4.98 Å². The lowest BCUT2D eigenvalue weighted by Crippen LogP contribution is -2.12. The molecule has 1 aromatic heterocycles. The summed E-state index contributed by atoms with van der Waals surface area (Å²) in [7, 11) is 0. The molecule has 1 amide bonds. The van der Waals surface area contributed by atoms with Gasteiger partial charge >= 0.3 is 0 Å². The van der Waals surface area contributed by atoms with Gasteiger partial charge in [0.2, 0.25) is 0 Å². The molecule has 0 atom stereocenters.